The van der Waals surface area contributed by atoms with Crippen molar-refractivity contribution in [3.05, 3.63) is 46.5 Å². The van der Waals surface area contributed by atoms with Gasteiger partial charge in [-0.1, -0.05) is 12.1 Å². The van der Waals surface area contributed by atoms with E-state index >= 15 is 0 Å². The van der Waals surface area contributed by atoms with Gasteiger partial charge in [-0.15, -0.1) is 0 Å². The van der Waals surface area contributed by atoms with Crippen LogP contribution in [0.3, 0.4) is 0 Å². The van der Waals surface area contributed by atoms with Gasteiger partial charge in [0.1, 0.15) is 17.6 Å². The molecule has 6 rings (SSSR count). The normalized spacial score (nSPS) is 32.6. The Balaban J connectivity index is 1.77. The van der Waals surface area contributed by atoms with Crippen LogP contribution < -0.4 is 0 Å². The summed E-state index contributed by atoms with van der Waals surface area (Å²) < 4.78 is 5.62. The average Bonchev–Trinajstić information content (AvgIpc) is 3.39. The number of ether oxygens (including phenoxy) is 1. The minimum absolute atomic E-state index is 0.0833. The van der Waals surface area contributed by atoms with Gasteiger partial charge in [0.25, 0.3) is 0 Å². The van der Waals surface area contributed by atoms with Crippen molar-refractivity contribution < 1.29 is 29.6 Å². The summed E-state index contributed by atoms with van der Waals surface area (Å²) in [6.07, 6.45) is -1.99. The summed E-state index contributed by atoms with van der Waals surface area (Å²) in [4.78, 5) is 25.1. The van der Waals surface area contributed by atoms with Gasteiger partial charge in [-0.25, -0.2) is 0 Å². The van der Waals surface area contributed by atoms with Crippen LogP contribution in [0.4, 0.5) is 0 Å². The van der Waals surface area contributed by atoms with Crippen LogP contribution in [-0.2, 0) is 4.74 Å². The van der Waals surface area contributed by atoms with Crippen molar-refractivity contribution in [2.45, 2.75) is 36.6 Å². The molecule has 5 atom stereocenters. The standard InChI is InChI=1S/C20H14O6/c21-8-3-1-6-7-2-4-9(22)16-13(7)17(19-20(26-19)18(16)25)15-11(24)5-10(23)14(8)12(6)15/h1-4,11,15,17,19-22,24H,5H2/t11-,15-,17-,19+,20+/m0/s1. The fourth-order valence-corrected chi connectivity index (χ4v) is 5.26. The molecule has 1 heterocycles. The number of hydrogen-bond donors (Lipinski definition) is 3. The molecule has 2 aromatic carbocycles. The summed E-state index contributed by atoms with van der Waals surface area (Å²) >= 11 is 0. The molecule has 1 saturated heterocycles. The van der Waals surface area contributed by atoms with Crippen LogP contribution in [0.25, 0.3) is 11.1 Å². The second-order valence-corrected chi connectivity index (χ2v) is 7.47. The third-order valence-electron chi connectivity index (χ3n) is 6.26. The van der Waals surface area contributed by atoms with Crippen LogP contribution in [0, 0.1) is 0 Å². The van der Waals surface area contributed by atoms with E-state index in [1.165, 1.54) is 12.1 Å². The van der Waals surface area contributed by atoms with E-state index in [0.29, 0.717) is 16.7 Å². The highest BCUT2D eigenvalue weighted by molar-refractivity contribution is 6.10. The highest BCUT2D eigenvalue weighted by atomic mass is 16.6. The molecule has 6 nitrogen and oxygen atoms in total. The fourth-order valence-electron chi connectivity index (χ4n) is 5.26. The first-order chi connectivity index (χ1) is 12.5. The SMILES string of the molecule is O=C1C[C@H](O)[C@H]2c3c(ccc(O)c31)-c1ccc(O)c3c1[C@@H]2[C@H]1O[C@@H]1C3=O. The zero-order chi connectivity index (χ0) is 17.9. The third-order valence-corrected chi connectivity index (χ3v) is 6.26. The summed E-state index contributed by atoms with van der Waals surface area (Å²) in [5.41, 5.74) is 3.30. The Kier molecular flexibility index (Phi) is 2.41. The van der Waals surface area contributed by atoms with Gasteiger partial charge >= 0.3 is 0 Å². The molecular formula is C20H14O6. The number of epoxide rings is 1. The average molecular weight is 350 g/mol. The minimum Gasteiger partial charge on any atom is -0.507 e. The van der Waals surface area contributed by atoms with Crippen molar-refractivity contribution in [3.8, 4) is 22.6 Å². The Morgan fingerprint density at radius 2 is 1.50 bits per heavy atom. The number of phenols is 2. The Morgan fingerprint density at radius 1 is 0.885 bits per heavy atom. The van der Waals surface area contributed by atoms with Crippen LogP contribution >= 0.6 is 0 Å². The van der Waals surface area contributed by atoms with Crippen molar-refractivity contribution >= 4 is 11.6 Å². The number of hydrogen-bond acceptors (Lipinski definition) is 6. The number of aliphatic hydroxyl groups excluding tert-OH is 1. The molecule has 1 aliphatic heterocycles. The largest absolute Gasteiger partial charge is 0.507 e. The number of aromatic hydroxyl groups is 2. The Bertz CT molecular complexity index is 1030. The van der Waals surface area contributed by atoms with Gasteiger partial charge in [-0.05, 0) is 34.4 Å². The molecule has 3 aliphatic carbocycles. The van der Waals surface area contributed by atoms with Gasteiger partial charge in [0.2, 0.25) is 0 Å². The van der Waals surface area contributed by atoms with Gasteiger partial charge in [-0.3, -0.25) is 9.59 Å². The summed E-state index contributed by atoms with van der Waals surface area (Å²) in [6, 6.07) is 6.39. The highest BCUT2D eigenvalue weighted by Gasteiger charge is 2.62. The molecule has 4 aliphatic rings. The Hall–Kier alpha value is -2.70. The number of fused-ring (bicyclic) bond motifs is 4. The van der Waals surface area contributed by atoms with Gasteiger partial charge in [0, 0.05) is 18.3 Å². The Morgan fingerprint density at radius 3 is 2.19 bits per heavy atom. The van der Waals surface area contributed by atoms with E-state index in [2.05, 4.69) is 0 Å². The molecule has 3 N–H and O–H groups in total. The highest BCUT2D eigenvalue weighted by Crippen LogP contribution is 2.62. The van der Waals surface area contributed by atoms with Crippen LogP contribution in [0.5, 0.6) is 11.5 Å². The van der Waals surface area contributed by atoms with Gasteiger partial charge in [0.05, 0.1) is 23.3 Å². The van der Waals surface area contributed by atoms with Crippen molar-refractivity contribution in [2.75, 3.05) is 0 Å². The maximum atomic E-state index is 12.7. The van der Waals surface area contributed by atoms with Crippen LogP contribution in [0.1, 0.15) is 50.1 Å². The molecule has 0 aromatic heterocycles. The van der Waals surface area contributed by atoms with E-state index in [0.717, 1.165) is 5.56 Å². The summed E-state index contributed by atoms with van der Waals surface area (Å²) in [5.74, 6) is -1.48. The first-order valence-electron chi connectivity index (χ1n) is 8.62. The second-order valence-electron chi connectivity index (χ2n) is 7.47. The zero-order valence-electron chi connectivity index (χ0n) is 13.5. The number of Topliss-reactive ketones (excluding diaryl/α,β-unsaturated/α-hetero) is 2. The monoisotopic (exact) mass is 350 g/mol. The number of carbonyl (C=O) groups is 2. The lowest BCUT2D eigenvalue weighted by molar-refractivity contribution is 0.0729. The van der Waals surface area contributed by atoms with Gasteiger partial charge < -0.3 is 20.1 Å². The Labute approximate surface area is 147 Å². The first-order valence-corrected chi connectivity index (χ1v) is 8.62. The number of rotatable bonds is 0. The van der Waals surface area contributed by atoms with E-state index in [1.54, 1.807) is 12.1 Å². The quantitative estimate of drug-likeness (QED) is 0.626. The van der Waals surface area contributed by atoms with E-state index in [4.69, 9.17) is 4.74 Å². The number of benzene rings is 2. The molecule has 0 saturated carbocycles. The number of ketones is 2. The number of aliphatic hydroxyl groups is 1. The molecule has 0 spiro atoms. The lowest BCUT2D eigenvalue weighted by atomic mass is 9.60. The van der Waals surface area contributed by atoms with Gasteiger partial charge in [0.15, 0.2) is 11.6 Å². The minimum atomic E-state index is -0.929. The van der Waals surface area contributed by atoms with Crippen molar-refractivity contribution in [1.29, 1.82) is 0 Å². The molecule has 0 unspecified atom stereocenters. The van der Waals surface area contributed by atoms with E-state index < -0.39 is 18.1 Å². The molecule has 130 valence electrons. The molecule has 6 heteroatoms. The molecule has 26 heavy (non-hydrogen) atoms. The smallest absolute Gasteiger partial charge is 0.198 e. The van der Waals surface area contributed by atoms with Crippen LogP contribution in [0.15, 0.2) is 24.3 Å². The topological polar surface area (TPSA) is 107 Å². The van der Waals surface area contributed by atoms with Crippen molar-refractivity contribution in [2.24, 2.45) is 0 Å². The number of carbonyl (C=O) groups excluding carboxylic acids is 2. The zero-order valence-corrected chi connectivity index (χ0v) is 13.5. The molecule has 0 amide bonds. The summed E-state index contributed by atoms with van der Waals surface area (Å²) in [7, 11) is 0. The van der Waals surface area contributed by atoms with Gasteiger partial charge in [-0.2, -0.15) is 0 Å². The summed E-state index contributed by atoms with van der Waals surface area (Å²) in [6.45, 7) is 0. The lowest BCUT2D eigenvalue weighted by Gasteiger charge is -2.42. The maximum Gasteiger partial charge on any atom is 0.198 e. The molecular weight excluding hydrogens is 336 g/mol. The van der Waals surface area contributed by atoms with E-state index in [-0.39, 0.29) is 52.6 Å². The number of phenolic OH excluding ortho intramolecular Hbond substituents is 2. The molecule has 2 aromatic rings. The maximum absolute atomic E-state index is 12.7. The van der Waals surface area contributed by atoms with E-state index in [9.17, 15) is 24.9 Å². The first kappa shape index (κ1) is 14.5. The lowest BCUT2D eigenvalue weighted by Crippen LogP contribution is -2.40. The summed E-state index contributed by atoms with van der Waals surface area (Å²) in [5, 5.41) is 31.3. The predicted octanol–water partition coefficient (Wildman–Crippen LogP) is 1.86. The van der Waals surface area contributed by atoms with Crippen molar-refractivity contribution in [1.82, 2.24) is 0 Å². The fraction of sp³-hybridized carbons (Fsp3) is 0.300. The van der Waals surface area contributed by atoms with E-state index in [1.807, 2.05) is 0 Å². The third kappa shape index (κ3) is 1.47. The predicted molar refractivity (Wildman–Crippen MR) is 88.6 cm³/mol. The van der Waals surface area contributed by atoms with Crippen molar-refractivity contribution in [3.63, 3.8) is 0 Å². The van der Waals surface area contributed by atoms with Crippen LogP contribution in [-0.4, -0.2) is 45.2 Å². The molecule has 0 bridgehead atoms. The van der Waals surface area contributed by atoms with Crippen LogP contribution in [0.2, 0.25) is 0 Å². The molecule has 1 fully saturated rings. The molecule has 0 radical (unpaired) electrons. The second kappa shape index (κ2) is 4.34.